The van der Waals surface area contributed by atoms with Crippen LogP contribution in [0.25, 0.3) is 0 Å². The van der Waals surface area contributed by atoms with Crippen molar-refractivity contribution in [3.8, 4) is 0 Å². The standard InChI is InChI=1S/C30H45N3O4.BrH/c1-26(30(35)27-19-21-28(22-20-27)33(36)37)31-29(34)18-14-11-9-7-5-3-2-4-6-8-10-12-15-23-32-24-16-13-17-25-32;/h13,16-17,19-22,24-26,30,35H,2-12,14-15,18,23H2,1H3;1H/t26-,30+;/m1./s1. The number of nitro groups is 1. The number of benzene rings is 1. The van der Waals surface area contributed by atoms with Gasteiger partial charge in [-0.15, -0.1) is 0 Å². The molecule has 7 nitrogen and oxygen atoms in total. The number of carbonyl (C=O) groups is 1. The van der Waals surface area contributed by atoms with Gasteiger partial charge < -0.3 is 27.4 Å². The summed E-state index contributed by atoms with van der Waals surface area (Å²) in [5, 5.41) is 24.0. The van der Waals surface area contributed by atoms with Crippen LogP contribution >= 0.6 is 0 Å². The Morgan fingerprint density at radius 2 is 1.32 bits per heavy atom. The Morgan fingerprint density at radius 3 is 1.82 bits per heavy atom. The van der Waals surface area contributed by atoms with Crippen LogP contribution in [0.3, 0.4) is 0 Å². The third-order valence-corrected chi connectivity index (χ3v) is 6.91. The van der Waals surface area contributed by atoms with Gasteiger partial charge in [0.2, 0.25) is 5.91 Å². The van der Waals surface area contributed by atoms with Gasteiger partial charge in [-0.1, -0.05) is 70.3 Å². The largest absolute Gasteiger partial charge is 1.00 e. The van der Waals surface area contributed by atoms with Gasteiger partial charge in [-0.05, 0) is 37.5 Å². The fourth-order valence-corrected chi connectivity index (χ4v) is 4.59. The van der Waals surface area contributed by atoms with Gasteiger partial charge in [0, 0.05) is 37.1 Å². The lowest BCUT2D eigenvalue weighted by molar-refractivity contribution is -0.697. The van der Waals surface area contributed by atoms with E-state index in [1.54, 1.807) is 6.92 Å². The van der Waals surface area contributed by atoms with Gasteiger partial charge in [0.25, 0.3) is 5.69 Å². The lowest BCUT2D eigenvalue weighted by atomic mass is 10.0. The molecule has 0 aliphatic rings. The Balaban J connectivity index is 0.00000722. The molecule has 0 unspecified atom stereocenters. The van der Waals surface area contributed by atoms with Gasteiger partial charge in [0.15, 0.2) is 12.4 Å². The highest BCUT2D eigenvalue weighted by Crippen LogP contribution is 2.20. The van der Waals surface area contributed by atoms with Gasteiger partial charge >= 0.3 is 0 Å². The van der Waals surface area contributed by atoms with Crippen molar-refractivity contribution in [2.45, 2.75) is 116 Å². The highest BCUT2D eigenvalue weighted by atomic mass is 79.9. The zero-order valence-electron chi connectivity index (χ0n) is 22.9. The molecular weight excluding hydrogens is 546 g/mol. The topological polar surface area (TPSA) is 96.4 Å². The minimum absolute atomic E-state index is 0. The number of nitro benzene ring substituents is 1. The summed E-state index contributed by atoms with van der Waals surface area (Å²) in [7, 11) is 0. The fourth-order valence-electron chi connectivity index (χ4n) is 4.59. The molecule has 0 spiro atoms. The van der Waals surface area contributed by atoms with E-state index >= 15 is 0 Å². The number of non-ortho nitro benzene ring substituents is 1. The average molecular weight is 593 g/mol. The summed E-state index contributed by atoms with van der Waals surface area (Å²) in [5.74, 6) is -0.0627. The van der Waals surface area contributed by atoms with Gasteiger partial charge in [0.1, 0.15) is 6.54 Å². The van der Waals surface area contributed by atoms with Crippen molar-refractivity contribution >= 4 is 11.6 Å². The Hall–Kier alpha value is -2.32. The first-order valence-corrected chi connectivity index (χ1v) is 14.1. The Kier molecular flexibility index (Phi) is 18.3. The molecule has 2 atom stereocenters. The maximum atomic E-state index is 12.2. The van der Waals surface area contributed by atoms with E-state index < -0.39 is 17.1 Å². The number of hydrogen-bond donors (Lipinski definition) is 2. The molecule has 0 aliphatic heterocycles. The molecule has 38 heavy (non-hydrogen) atoms. The van der Waals surface area contributed by atoms with Crippen LogP contribution in [0.2, 0.25) is 0 Å². The van der Waals surface area contributed by atoms with E-state index in [4.69, 9.17) is 0 Å². The van der Waals surface area contributed by atoms with E-state index in [0.717, 1.165) is 25.8 Å². The molecule has 1 aromatic heterocycles. The summed E-state index contributed by atoms with van der Waals surface area (Å²) in [6.45, 7) is 2.87. The molecule has 0 saturated heterocycles. The highest BCUT2D eigenvalue weighted by molar-refractivity contribution is 5.76. The normalized spacial score (nSPS) is 12.4. The number of rotatable bonds is 20. The molecule has 1 amide bonds. The van der Waals surface area contributed by atoms with Gasteiger partial charge in [-0.2, -0.15) is 0 Å². The molecule has 2 rings (SSSR count). The number of aliphatic hydroxyl groups excluding tert-OH is 1. The summed E-state index contributed by atoms with van der Waals surface area (Å²) < 4.78 is 2.26. The molecule has 2 N–H and O–H groups in total. The second kappa shape index (κ2) is 20.6. The zero-order chi connectivity index (χ0) is 26.7. The van der Waals surface area contributed by atoms with Crippen LogP contribution in [-0.4, -0.2) is 22.0 Å². The van der Waals surface area contributed by atoms with Crippen molar-refractivity contribution in [2.24, 2.45) is 0 Å². The third-order valence-electron chi connectivity index (χ3n) is 6.91. The van der Waals surface area contributed by atoms with E-state index in [1.807, 2.05) is 0 Å². The molecule has 0 saturated carbocycles. The molecule has 1 aromatic carbocycles. The monoisotopic (exact) mass is 591 g/mol. The summed E-state index contributed by atoms with van der Waals surface area (Å²) in [6.07, 6.45) is 20.0. The molecule has 2 aromatic rings. The van der Waals surface area contributed by atoms with Crippen molar-refractivity contribution in [1.82, 2.24) is 5.32 Å². The molecule has 0 fully saturated rings. The Bertz CT molecular complexity index is 896. The molecule has 0 aliphatic carbocycles. The number of aliphatic hydroxyl groups is 1. The number of halogens is 1. The van der Waals surface area contributed by atoms with Gasteiger partial charge in [-0.3, -0.25) is 14.9 Å². The van der Waals surface area contributed by atoms with Gasteiger partial charge in [0.05, 0.1) is 17.1 Å². The van der Waals surface area contributed by atoms with E-state index in [2.05, 4.69) is 40.5 Å². The molecular formula is C30H46BrN3O4. The van der Waals surface area contributed by atoms with Crippen molar-refractivity contribution in [3.05, 3.63) is 70.5 Å². The number of amides is 1. The molecule has 0 bridgehead atoms. The maximum Gasteiger partial charge on any atom is 0.269 e. The Morgan fingerprint density at radius 1 is 0.842 bits per heavy atom. The third kappa shape index (κ3) is 14.6. The fraction of sp³-hybridized carbons (Fsp3) is 0.600. The van der Waals surface area contributed by atoms with Crippen molar-refractivity contribution in [2.75, 3.05) is 0 Å². The average Bonchev–Trinajstić information content (AvgIpc) is 2.91. The molecule has 212 valence electrons. The minimum Gasteiger partial charge on any atom is -1.00 e. The van der Waals surface area contributed by atoms with E-state index in [0.29, 0.717) is 12.0 Å². The lowest BCUT2D eigenvalue weighted by Gasteiger charge is -2.20. The van der Waals surface area contributed by atoms with Gasteiger partial charge in [-0.25, -0.2) is 4.57 Å². The number of aromatic nitrogens is 1. The van der Waals surface area contributed by atoms with Crippen LogP contribution in [0.4, 0.5) is 5.69 Å². The van der Waals surface area contributed by atoms with Crippen LogP contribution < -0.4 is 26.9 Å². The number of nitrogens with one attached hydrogen (secondary N) is 1. The number of pyridine rings is 1. The SMILES string of the molecule is C[C@@H](NC(=O)CCCCCCCCCCCCCCC[n+]1ccccc1)[C@H](O)c1ccc([N+](=O)[O-])cc1.[Br-]. The maximum absolute atomic E-state index is 12.2. The summed E-state index contributed by atoms with van der Waals surface area (Å²) >= 11 is 0. The van der Waals surface area contributed by atoms with Crippen molar-refractivity contribution in [3.63, 3.8) is 0 Å². The number of unbranched alkanes of at least 4 members (excludes halogenated alkanes) is 12. The zero-order valence-corrected chi connectivity index (χ0v) is 24.5. The second-order valence-electron chi connectivity index (χ2n) is 10.1. The van der Waals surface area contributed by atoms with E-state index in [9.17, 15) is 20.0 Å². The number of hydrogen-bond acceptors (Lipinski definition) is 4. The van der Waals surface area contributed by atoms with E-state index in [1.165, 1.54) is 88.5 Å². The highest BCUT2D eigenvalue weighted by Gasteiger charge is 2.19. The second-order valence-corrected chi connectivity index (χ2v) is 10.1. The first-order chi connectivity index (χ1) is 18.0. The van der Waals surface area contributed by atoms with Crippen LogP contribution in [0.5, 0.6) is 0 Å². The number of nitrogens with zero attached hydrogens (tertiary/aromatic N) is 2. The smallest absolute Gasteiger partial charge is 0.269 e. The molecule has 8 heteroatoms. The number of aryl methyl sites for hydroxylation is 1. The Labute approximate surface area is 239 Å². The predicted molar refractivity (Wildman–Crippen MR) is 147 cm³/mol. The first-order valence-electron chi connectivity index (χ1n) is 14.1. The van der Waals surface area contributed by atoms with Crippen molar-refractivity contribution < 1.29 is 36.4 Å². The first kappa shape index (κ1) is 33.7. The quantitative estimate of drug-likeness (QED) is 0.106. The van der Waals surface area contributed by atoms with E-state index in [-0.39, 0.29) is 28.6 Å². The predicted octanol–water partition coefficient (Wildman–Crippen LogP) is 3.59. The molecule has 1 heterocycles. The summed E-state index contributed by atoms with van der Waals surface area (Å²) in [6, 6.07) is 11.6. The van der Waals surface area contributed by atoms with Crippen LogP contribution in [0.15, 0.2) is 54.9 Å². The van der Waals surface area contributed by atoms with Crippen molar-refractivity contribution in [1.29, 1.82) is 0 Å². The number of carbonyl (C=O) groups excluding carboxylic acids is 1. The molecule has 0 radical (unpaired) electrons. The summed E-state index contributed by atoms with van der Waals surface area (Å²) in [5.41, 5.74) is 0.532. The van der Waals surface area contributed by atoms with Crippen LogP contribution in [-0.2, 0) is 11.3 Å². The van der Waals surface area contributed by atoms with Crippen LogP contribution in [0.1, 0.15) is 108 Å². The summed E-state index contributed by atoms with van der Waals surface area (Å²) in [4.78, 5) is 22.5. The lowest BCUT2D eigenvalue weighted by Crippen LogP contribution is -3.00. The minimum atomic E-state index is -0.900. The van der Waals surface area contributed by atoms with Crippen LogP contribution in [0, 0.1) is 10.1 Å².